The van der Waals surface area contributed by atoms with Crippen molar-refractivity contribution in [2.75, 3.05) is 7.11 Å². The number of benzene rings is 2. The van der Waals surface area contributed by atoms with Crippen LogP contribution in [0.3, 0.4) is 0 Å². The molecule has 19 heavy (non-hydrogen) atoms. The van der Waals surface area contributed by atoms with Gasteiger partial charge < -0.3 is 9.84 Å². The molecular weight excluding hydrogens is 236 g/mol. The fourth-order valence-electron chi connectivity index (χ4n) is 2.38. The minimum Gasteiger partial charge on any atom is -0.496 e. The first-order valence-corrected chi connectivity index (χ1v) is 6.80. The van der Waals surface area contributed by atoms with Crippen molar-refractivity contribution in [1.82, 2.24) is 0 Å². The monoisotopic (exact) mass is 258 g/mol. The minimum absolute atomic E-state index is 0.219. The fraction of sp³-hybridized carbons (Fsp3) is 0.412. The second kappa shape index (κ2) is 5.62. The summed E-state index contributed by atoms with van der Waals surface area (Å²) in [5.41, 5.74) is 0.984. The molecule has 0 fully saturated rings. The molecule has 1 N–H and O–H groups in total. The van der Waals surface area contributed by atoms with Crippen LogP contribution in [0.15, 0.2) is 36.4 Å². The van der Waals surface area contributed by atoms with Crippen molar-refractivity contribution in [2.24, 2.45) is 11.8 Å². The Bertz CT molecular complexity index is 560. The summed E-state index contributed by atoms with van der Waals surface area (Å²) in [5.74, 6) is 1.51. The molecule has 0 bridgehead atoms. The number of ether oxygens (including phenoxy) is 1. The molecule has 2 unspecified atom stereocenters. The lowest BCUT2D eigenvalue weighted by Crippen LogP contribution is -2.15. The van der Waals surface area contributed by atoms with Gasteiger partial charge in [0.25, 0.3) is 0 Å². The minimum atomic E-state index is -0.448. The van der Waals surface area contributed by atoms with Crippen LogP contribution in [-0.4, -0.2) is 12.2 Å². The molecule has 2 aromatic carbocycles. The van der Waals surface area contributed by atoms with E-state index in [1.54, 1.807) is 7.11 Å². The van der Waals surface area contributed by atoms with Gasteiger partial charge in [-0.15, -0.1) is 0 Å². The Balaban J connectivity index is 2.56. The Labute approximate surface area is 115 Å². The molecule has 102 valence electrons. The summed E-state index contributed by atoms with van der Waals surface area (Å²) >= 11 is 0. The largest absolute Gasteiger partial charge is 0.496 e. The number of hydrogen-bond acceptors (Lipinski definition) is 2. The van der Waals surface area contributed by atoms with Crippen molar-refractivity contribution in [3.63, 3.8) is 0 Å². The number of fused-ring (bicyclic) bond motifs is 1. The molecule has 0 aliphatic carbocycles. The third-order valence-electron chi connectivity index (χ3n) is 4.01. The van der Waals surface area contributed by atoms with Gasteiger partial charge in [-0.05, 0) is 28.9 Å². The topological polar surface area (TPSA) is 29.5 Å². The van der Waals surface area contributed by atoms with E-state index in [0.717, 1.165) is 22.1 Å². The van der Waals surface area contributed by atoms with E-state index in [9.17, 15) is 5.11 Å². The van der Waals surface area contributed by atoms with Crippen molar-refractivity contribution in [2.45, 2.75) is 26.9 Å². The van der Waals surface area contributed by atoms with E-state index in [0.29, 0.717) is 5.92 Å². The van der Waals surface area contributed by atoms with Crippen LogP contribution < -0.4 is 4.74 Å². The highest BCUT2D eigenvalue weighted by Crippen LogP contribution is 2.35. The van der Waals surface area contributed by atoms with Crippen molar-refractivity contribution >= 4 is 10.8 Å². The normalized spacial score (nSPS) is 14.6. The molecule has 0 aromatic heterocycles. The van der Waals surface area contributed by atoms with Gasteiger partial charge in [0.15, 0.2) is 0 Å². The Morgan fingerprint density at radius 2 is 1.58 bits per heavy atom. The Hall–Kier alpha value is -1.54. The Kier molecular flexibility index (Phi) is 4.11. The molecule has 2 aromatic rings. The van der Waals surface area contributed by atoms with Crippen molar-refractivity contribution < 1.29 is 9.84 Å². The highest BCUT2D eigenvalue weighted by Gasteiger charge is 2.21. The van der Waals surface area contributed by atoms with E-state index < -0.39 is 6.10 Å². The van der Waals surface area contributed by atoms with Gasteiger partial charge in [-0.25, -0.2) is 0 Å². The number of methoxy groups -OCH3 is 1. The van der Waals surface area contributed by atoms with Gasteiger partial charge in [-0.1, -0.05) is 51.1 Å². The van der Waals surface area contributed by atoms with Crippen LogP contribution in [-0.2, 0) is 0 Å². The summed E-state index contributed by atoms with van der Waals surface area (Å²) in [4.78, 5) is 0. The molecule has 0 radical (unpaired) electrons. The molecule has 2 atom stereocenters. The Morgan fingerprint density at radius 1 is 0.947 bits per heavy atom. The first kappa shape index (κ1) is 13.9. The molecule has 0 spiro atoms. The van der Waals surface area contributed by atoms with Gasteiger partial charge in [0.1, 0.15) is 5.75 Å². The third-order valence-corrected chi connectivity index (χ3v) is 4.01. The first-order valence-electron chi connectivity index (χ1n) is 6.80. The van der Waals surface area contributed by atoms with Gasteiger partial charge in [-0.2, -0.15) is 0 Å². The number of hydrogen-bond donors (Lipinski definition) is 1. The lowest BCUT2D eigenvalue weighted by Gasteiger charge is -2.24. The fourth-order valence-corrected chi connectivity index (χ4v) is 2.38. The summed E-state index contributed by atoms with van der Waals surface area (Å²) in [6.07, 6.45) is -0.448. The van der Waals surface area contributed by atoms with E-state index in [-0.39, 0.29) is 5.92 Å². The molecule has 0 aliphatic rings. The quantitative estimate of drug-likeness (QED) is 0.891. The maximum Gasteiger partial charge on any atom is 0.126 e. The SMILES string of the molecule is COc1ccc(C(O)C(C)C(C)C)c2ccccc12. The number of rotatable bonds is 4. The second-order valence-electron chi connectivity index (χ2n) is 5.45. The zero-order valence-corrected chi connectivity index (χ0v) is 12.1. The van der Waals surface area contributed by atoms with Crippen molar-refractivity contribution in [1.29, 1.82) is 0 Å². The standard InChI is InChI=1S/C17H22O2/c1-11(2)12(3)17(18)15-9-10-16(19-4)14-8-6-5-7-13(14)15/h5-12,17-18H,1-4H3. The average Bonchev–Trinajstić information content (AvgIpc) is 2.44. The highest BCUT2D eigenvalue weighted by molar-refractivity contribution is 5.91. The second-order valence-corrected chi connectivity index (χ2v) is 5.45. The van der Waals surface area contributed by atoms with Crippen LogP contribution in [0.1, 0.15) is 32.4 Å². The van der Waals surface area contributed by atoms with Crippen LogP contribution in [0.2, 0.25) is 0 Å². The number of aliphatic hydroxyl groups excluding tert-OH is 1. The first-order chi connectivity index (χ1) is 9.06. The summed E-state index contributed by atoms with van der Waals surface area (Å²) in [6.45, 7) is 6.37. The molecule has 0 amide bonds. The van der Waals surface area contributed by atoms with Crippen LogP contribution in [0.5, 0.6) is 5.75 Å². The predicted molar refractivity (Wildman–Crippen MR) is 79.5 cm³/mol. The molecule has 2 heteroatoms. The predicted octanol–water partition coefficient (Wildman–Crippen LogP) is 4.17. The summed E-state index contributed by atoms with van der Waals surface area (Å²) < 4.78 is 5.39. The van der Waals surface area contributed by atoms with Crippen LogP contribution in [0, 0.1) is 11.8 Å². The van der Waals surface area contributed by atoms with E-state index in [1.165, 1.54) is 0 Å². The summed E-state index contributed by atoms with van der Waals surface area (Å²) in [7, 11) is 1.68. The molecule has 2 rings (SSSR count). The maximum atomic E-state index is 10.6. The third kappa shape index (κ3) is 2.59. The zero-order chi connectivity index (χ0) is 14.0. The van der Waals surface area contributed by atoms with Gasteiger partial charge in [-0.3, -0.25) is 0 Å². The van der Waals surface area contributed by atoms with Gasteiger partial charge in [0.2, 0.25) is 0 Å². The molecule has 0 heterocycles. The van der Waals surface area contributed by atoms with Crippen LogP contribution in [0.4, 0.5) is 0 Å². The molecule has 0 aliphatic heterocycles. The van der Waals surface area contributed by atoms with Crippen molar-refractivity contribution in [3.05, 3.63) is 42.0 Å². The highest BCUT2D eigenvalue weighted by atomic mass is 16.5. The van der Waals surface area contributed by atoms with Gasteiger partial charge in [0.05, 0.1) is 13.2 Å². The van der Waals surface area contributed by atoms with Crippen LogP contribution in [0.25, 0.3) is 10.8 Å². The van der Waals surface area contributed by atoms with E-state index in [1.807, 2.05) is 36.4 Å². The maximum absolute atomic E-state index is 10.6. The van der Waals surface area contributed by atoms with E-state index in [2.05, 4.69) is 20.8 Å². The number of aliphatic hydroxyl groups is 1. The molecular formula is C17H22O2. The summed E-state index contributed by atoms with van der Waals surface area (Å²) in [6, 6.07) is 12.0. The van der Waals surface area contributed by atoms with Gasteiger partial charge in [0, 0.05) is 5.39 Å². The average molecular weight is 258 g/mol. The van der Waals surface area contributed by atoms with E-state index in [4.69, 9.17) is 4.74 Å². The summed E-state index contributed by atoms with van der Waals surface area (Å²) in [5, 5.41) is 12.7. The Morgan fingerprint density at radius 3 is 2.16 bits per heavy atom. The van der Waals surface area contributed by atoms with E-state index >= 15 is 0 Å². The lowest BCUT2D eigenvalue weighted by atomic mass is 9.86. The lowest BCUT2D eigenvalue weighted by molar-refractivity contribution is 0.0934. The zero-order valence-electron chi connectivity index (χ0n) is 12.1. The van der Waals surface area contributed by atoms with Crippen molar-refractivity contribution in [3.8, 4) is 5.75 Å². The molecule has 0 saturated carbocycles. The van der Waals surface area contributed by atoms with Gasteiger partial charge >= 0.3 is 0 Å². The van der Waals surface area contributed by atoms with Crippen LogP contribution >= 0.6 is 0 Å². The molecule has 2 nitrogen and oxygen atoms in total. The molecule has 0 saturated heterocycles. The smallest absolute Gasteiger partial charge is 0.126 e.